The Morgan fingerprint density at radius 1 is 1.08 bits per heavy atom. The van der Waals surface area contributed by atoms with Gasteiger partial charge in [0.25, 0.3) is 6.43 Å². The van der Waals surface area contributed by atoms with E-state index in [1.807, 2.05) is 0 Å². The third kappa shape index (κ3) is 6.64. The van der Waals surface area contributed by atoms with E-state index in [0.29, 0.717) is 24.2 Å². The van der Waals surface area contributed by atoms with Gasteiger partial charge in [0.05, 0.1) is 49.7 Å². The van der Waals surface area contributed by atoms with Crippen molar-refractivity contribution in [2.24, 2.45) is 5.73 Å². The van der Waals surface area contributed by atoms with E-state index in [9.17, 15) is 38.7 Å². The lowest BCUT2D eigenvalue weighted by Crippen LogP contribution is -2.63. The van der Waals surface area contributed by atoms with Crippen LogP contribution < -0.4 is 20.7 Å². The first-order valence-corrected chi connectivity index (χ1v) is 15.6. The Morgan fingerprint density at radius 3 is 2.58 bits per heavy atom. The molecule has 0 spiro atoms. The third-order valence-corrected chi connectivity index (χ3v) is 9.12. The number of nitrogens with zero attached hydrogens (tertiary/aromatic N) is 6. The number of nitrogens with one attached hydrogen (secondary N) is 1. The van der Waals surface area contributed by atoms with Gasteiger partial charge in [-0.25, -0.2) is 32.5 Å². The van der Waals surface area contributed by atoms with Crippen LogP contribution in [0.2, 0.25) is 0 Å². The highest BCUT2D eigenvalue weighted by atomic mass is 19.3. The summed E-state index contributed by atoms with van der Waals surface area (Å²) in [6.45, 7) is -0.431. The number of piperidine rings is 1. The second kappa shape index (κ2) is 14.2. The SMILES string of the molecule is COc1cc(F)c(-c2cc(Cn3cnc4c(NC5O[C@H](CO)[C@@H](O)[C@H](O)[C@H]5O)ncnc43)c(N3CCC[C@](N)([C@@H](O)C(F)F)C3)cn2)cc1F. The molecule has 50 heavy (non-hydrogen) atoms. The molecule has 1 unspecified atom stereocenters. The fraction of sp³-hybridized carbons (Fsp3) is 0.484. The summed E-state index contributed by atoms with van der Waals surface area (Å²) in [7, 11) is 1.20. The zero-order chi connectivity index (χ0) is 35.9. The van der Waals surface area contributed by atoms with Crippen molar-refractivity contribution in [3.8, 4) is 17.0 Å². The van der Waals surface area contributed by atoms with Crippen molar-refractivity contribution in [3.05, 3.63) is 54.2 Å². The van der Waals surface area contributed by atoms with Crippen LogP contribution in [0.25, 0.3) is 22.4 Å². The molecule has 0 saturated carbocycles. The van der Waals surface area contributed by atoms with Crippen molar-refractivity contribution in [3.63, 3.8) is 0 Å². The summed E-state index contributed by atoms with van der Waals surface area (Å²) >= 11 is 0. The summed E-state index contributed by atoms with van der Waals surface area (Å²) < 4.78 is 69.0. The lowest BCUT2D eigenvalue weighted by Gasteiger charge is -2.44. The van der Waals surface area contributed by atoms with Gasteiger partial charge in [-0.3, -0.25) is 4.98 Å². The Balaban J connectivity index is 1.38. The molecule has 6 rings (SSSR count). The number of hydrogen-bond donors (Lipinski definition) is 7. The number of halogens is 4. The van der Waals surface area contributed by atoms with Crippen molar-refractivity contribution in [1.29, 1.82) is 0 Å². The van der Waals surface area contributed by atoms with Gasteiger partial charge < -0.3 is 55.5 Å². The number of ether oxygens (including phenoxy) is 2. The Kier molecular flexibility index (Phi) is 10.1. The highest BCUT2D eigenvalue weighted by Gasteiger charge is 2.45. The molecular formula is C31H36F4N8O7. The average molecular weight is 709 g/mol. The predicted molar refractivity (Wildman–Crippen MR) is 168 cm³/mol. The molecule has 2 aliphatic heterocycles. The Labute approximate surface area is 281 Å². The Morgan fingerprint density at radius 2 is 1.86 bits per heavy atom. The minimum absolute atomic E-state index is 0.0103. The highest BCUT2D eigenvalue weighted by molar-refractivity contribution is 5.83. The first-order chi connectivity index (χ1) is 23.8. The van der Waals surface area contributed by atoms with E-state index in [2.05, 4.69) is 25.3 Å². The number of aliphatic hydroxyl groups is 5. The van der Waals surface area contributed by atoms with Crippen LogP contribution in [0, 0.1) is 11.6 Å². The van der Waals surface area contributed by atoms with E-state index in [-0.39, 0.29) is 53.5 Å². The van der Waals surface area contributed by atoms with Crippen molar-refractivity contribution < 1.29 is 52.6 Å². The second-order valence-corrected chi connectivity index (χ2v) is 12.4. The molecule has 2 fully saturated rings. The molecule has 15 nitrogen and oxygen atoms in total. The molecule has 3 aromatic heterocycles. The summed E-state index contributed by atoms with van der Waals surface area (Å²) in [6, 6.07) is 3.35. The molecular weight excluding hydrogens is 672 g/mol. The van der Waals surface area contributed by atoms with Gasteiger partial charge in [-0.15, -0.1) is 0 Å². The topological polar surface area (TPSA) is 217 Å². The molecule has 0 radical (unpaired) electrons. The number of alkyl halides is 2. The summed E-state index contributed by atoms with van der Waals surface area (Å²) in [4.78, 5) is 19.0. The lowest BCUT2D eigenvalue weighted by molar-refractivity contribution is -0.221. The molecule has 270 valence electrons. The van der Waals surface area contributed by atoms with Crippen molar-refractivity contribution in [2.45, 2.75) is 68.1 Å². The van der Waals surface area contributed by atoms with Crippen LogP contribution in [0.3, 0.4) is 0 Å². The smallest absolute Gasteiger partial charge is 0.265 e. The molecule has 7 atom stereocenters. The minimum Gasteiger partial charge on any atom is -0.494 e. The maximum absolute atomic E-state index is 15.2. The fourth-order valence-corrected chi connectivity index (χ4v) is 6.38. The van der Waals surface area contributed by atoms with Gasteiger partial charge in [0, 0.05) is 24.7 Å². The molecule has 19 heteroatoms. The molecule has 0 bridgehead atoms. The number of benzene rings is 1. The third-order valence-electron chi connectivity index (χ3n) is 9.12. The minimum atomic E-state index is -3.07. The number of fused-ring (bicyclic) bond motifs is 1. The fourth-order valence-electron chi connectivity index (χ4n) is 6.38. The number of anilines is 2. The van der Waals surface area contributed by atoms with Gasteiger partial charge >= 0.3 is 0 Å². The van der Waals surface area contributed by atoms with Crippen molar-refractivity contribution in [1.82, 2.24) is 24.5 Å². The number of methoxy groups -OCH3 is 1. The van der Waals surface area contributed by atoms with E-state index < -0.39 is 67.0 Å². The monoisotopic (exact) mass is 708 g/mol. The van der Waals surface area contributed by atoms with Gasteiger partial charge in [-0.1, -0.05) is 0 Å². The van der Waals surface area contributed by atoms with Crippen LogP contribution in [-0.4, -0.2) is 126 Å². The van der Waals surface area contributed by atoms with Gasteiger partial charge in [0.1, 0.15) is 42.7 Å². The van der Waals surface area contributed by atoms with Gasteiger partial charge in [0.2, 0.25) is 0 Å². The molecule has 0 aliphatic carbocycles. The van der Waals surface area contributed by atoms with E-state index in [1.54, 1.807) is 9.47 Å². The van der Waals surface area contributed by atoms with Crippen LogP contribution in [0.5, 0.6) is 5.75 Å². The molecule has 4 aromatic rings. The van der Waals surface area contributed by atoms with Crippen LogP contribution in [0.15, 0.2) is 37.1 Å². The zero-order valence-corrected chi connectivity index (χ0v) is 26.6. The van der Waals surface area contributed by atoms with E-state index in [0.717, 1.165) is 12.1 Å². The Hall–Kier alpha value is -4.24. The number of aromatic nitrogens is 5. The lowest BCUT2D eigenvalue weighted by atomic mass is 9.84. The van der Waals surface area contributed by atoms with Crippen LogP contribution in [0.4, 0.5) is 29.1 Å². The van der Waals surface area contributed by atoms with Crippen molar-refractivity contribution in [2.75, 3.05) is 37.0 Å². The first kappa shape index (κ1) is 35.6. The number of imidazole rings is 1. The van der Waals surface area contributed by atoms with Crippen LogP contribution >= 0.6 is 0 Å². The van der Waals surface area contributed by atoms with Crippen LogP contribution in [-0.2, 0) is 11.3 Å². The number of aliphatic hydroxyl groups excluding tert-OH is 5. The molecule has 1 aromatic carbocycles. The maximum Gasteiger partial charge on any atom is 0.265 e. The average Bonchev–Trinajstić information content (AvgIpc) is 3.52. The molecule has 2 aliphatic rings. The Bertz CT molecular complexity index is 1840. The molecule has 8 N–H and O–H groups in total. The van der Waals surface area contributed by atoms with Gasteiger partial charge in [-0.05, 0) is 30.5 Å². The van der Waals surface area contributed by atoms with Crippen molar-refractivity contribution >= 4 is 22.7 Å². The van der Waals surface area contributed by atoms with E-state index in [4.69, 9.17) is 15.2 Å². The first-order valence-electron chi connectivity index (χ1n) is 15.6. The number of rotatable bonds is 10. The molecule has 2 saturated heterocycles. The largest absolute Gasteiger partial charge is 0.494 e. The van der Waals surface area contributed by atoms with Gasteiger partial charge in [-0.2, -0.15) is 0 Å². The van der Waals surface area contributed by atoms with Crippen LogP contribution in [0.1, 0.15) is 18.4 Å². The van der Waals surface area contributed by atoms with Gasteiger partial charge in [0.15, 0.2) is 34.8 Å². The van der Waals surface area contributed by atoms with E-state index >= 15 is 4.39 Å². The summed E-state index contributed by atoms with van der Waals surface area (Å²) in [6.07, 6.45) is -7.95. The second-order valence-electron chi connectivity index (χ2n) is 12.4. The number of hydrogen-bond acceptors (Lipinski definition) is 14. The number of pyridine rings is 1. The molecule has 0 amide bonds. The standard InChI is InChI=1S/C31H36F4N8O7/c1-49-20-7-16(32)15(6-17(20)33)18-5-14(19(8-37-18)42-4-2-3-31(36,11-42)26(48)27(34)35)9-43-13-40-22-28(38-12-39-29(22)43)41-30-25(47)24(46)23(45)21(10-44)50-30/h5-8,12-13,21,23-27,30,44-48H,2-4,9-11,36H2,1H3,(H,38,39,41)/t21-,23-,24+,25-,26+,30?,31-/m1/s1. The summed E-state index contributed by atoms with van der Waals surface area (Å²) in [5.74, 6) is -1.85. The predicted octanol–water partition coefficient (Wildman–Crippen LogP) is 0.359. The molecule has 5 heterocycles. The van der Waals surface area contributed by atoms with E-state index in [1.165, 1.54) is 32.0 Å². The summed E-state index contributed by atoms with van der Waals surface area (Å²) in [5, 5.41) is 53.5. The quantitative estimate of drug-likeness (QED) is 0.111. The normalized spacial score (nSPS) is 26.4. The number of nitrogens with two attached hydrogens (primary N) is 1. The zero-order valence-electron chi connectivity index (χ0n) is 26.6. The maximum atomic E-state index is 15.2. The highest BCUT2D eigenvalue weighted by Crippen LogP contribution is 2.35. The summed E-state index contributed by atoms with van der Waals surface area (Å²) in [5.41, 5.74) is 5.89.